The minimum absolute atomic E-state index is 0.118. The van der Waals surface area contributed by atoms with Gasteiger partial charge in [-0.2, -0.15) is 5.10 Å². The number of nitrogens with zero attached hydrogens (tertiary/aromatic N) is 4. The molecule has 12 heteroatoms. The van der Waals surface area contributed by atoms with Crippen LogP contribution in [0.2, 0.25) is 5.02 Å². The lowest BCUT2D eigenvalue weighted by molar-refractivity contribution is -0.119. The van der Waals surface area contributed by atoms with Gasteiger partial charge in [0.05, 0.1) is 24.1 Å². The number of methoxy groups -OCH3 is 1. The van der Waals surface area contributed by atoms with Crippen LogP contribution in [-0.2, 0) is 41.3 Å². The average Bonchev–Trinajstić information content (AvgIpc) is 3.09. The first-order valence-corrected chi connectivity index (χ1v) is 13.7. The number of unbranched alkanes of at least 4 members (excludes halogenated alkanes) is 1. The molecule has 0 bridgehead atoms. The van der Waals surface area contributed by atoms with Crippen LogP contribution < -0.4 is 14.8 Å². The maximum Gasteiger partial charge on any atom is 0.233 e. The van der Waals surface area contributed by atoms with Crippen molar-refractivity contribution in [2.45, 2.75) is 52.0 Å². The predicted molar refractivity (Wildman–Crippen MR) is 136 cm³/mol. The SMILES string of the molecule is CCCc1nn(C)c2c(NCc3ccc(OC)c(Cl)c3)nc(CCCCC(=O)NS(C)(=O)=O)nc12. The highest BCUT2D eigenvalue weighted by Gasteiger charge is 2.17. The van der Waals surface area contributed by atoms with E-state index in [1.807, 2.05) is 30.0 Å². The minimum Gasteiger partial charge on any atom is -0.495 e. The average molecular weight is 523 g/mol. The molecule has 0 aliphatic carbocycles. The number of aromatic nitrogens is 4. The Kier molecular flexibility index (Phi) is 8.90. The molecule has 2 aromatic heterocycles. The van der Waals surface area contributed by atoms with Gasteiger partial charge in [0.25, 0.3) is 0 Å². The van der Waals surface area contributed by atoms with Crippen molar-refractivity contribution in [3.05, 3.63) is 40.3 Å². The van der Waals surface area contributed by atoms with Gasteiger partial charge in [-0.05, 0) is 37.0 Å². The number of halogens is 1. The van der Waals surface area contributed by atoms with Crippen LogP contribution in [0.1, 0.15) is 49.7 Å². The van der Waals surface area contributed by atoms with Crippen molar-refractivity contribution in [2.75, 3.05) is 18.7 Å². The van der Waals surface area contributed by atoms with E-state index in [1.165, 1.54) is 0 Å². The van der Waals surface area contributed by atoms with E-state index < -0.39 is 15.9 Å². The van der Waals surface area contributed by atoms with Crippen LogP contribution in [-0.4, -0.2) is 47.4 Å². The Morgan fingerprint density at radius 3 is 2.63 bits per heavy atom. The first-order chi connectivity index (χ1) is 16.6. The van der Waals surface area contributed by atoms with Crippen LogP contribution in [0.4, 0.5) is 5.82 Å². The molecule has 3 rings (SSSR count). The number of hydrogen-bond donors (Lipinski definition) is 2. The van der Waals surface area contributed by atoms with Crippen LogP contribution in [0.15, 0.2) is 18.2 Å². The summed E-state index contributed by atoms with van der Waals surface area (Å²) in [6.45, 7) is 2.59. The van der Waals surface area contributed by atoms with Gasteiger partial charge < -0.3 is 10.1 Å². The number of anilines is 1. The van der Waals surface area contributed by atoms with Crippen LogP contribution in [0.5, 0.6) is 5.75 Å². The molecule has 1 amide bonds. The third kappa shape index (κ3) is 7.28. The fraction of sp³-hybridized carbons (Fsp3) is 0.478. The molecule has 0 aliphatic heterocycles. The number of benzene rings is 1. The smallest absolute Gasteiger partial charge is 0.233 e. The predicted octanol–water partition coefficient (Wildman–Crippen LogP) is 3.38. The molecule has 2 heterocycles. The second-order valence-corrected chi connectivity index (χ2v) is 10.5. The molecule has 0 spiro atoms. The Morgan fingerprint density at radius 1 is 1.20 bits per heavy atom. The largest absolute Gasteiger partial charge is 0.495 e. The highest BCUT2D eigenvalue weighted by molar-refractivity contribution is 7.89. The molecular formula is C23H31ClN6O4S. The monoisotopic (exact) mass is 522 g/mol. The highest BCUT2D eigenvalue weighted by atomic mass is 35.5. The van der Waals surface area contributed by atoms with Crippen molar-refractivity contribution in [3.8, 4) is 5.75 Å². The van der Waals surface area contributed by atoms with Gasteiger partial charge in [-0.3, -0.25) is 14.2 Å². The Bertz CT molecular complexity index is 1310. The van der Waals surface area contributed by atoms with Gasteiger partial charge in [-0.15, -0.1) is 0 Å². The van der Waals surface area contributed by atoms with E-state index in [-0.39, 0.29) is 6.42 Å². The number of hydrogen-bond acceptors (Lipinski definition) is 8. The van der Waals surface area contributed by atoms with Crippen molar-refractivity contribution in [1.29, 1.82) is 0 Å². The van der Waals surface area contributed by atoms with Crippen LogP contribution in [0.25, 0.3) is 11.0 Å². The molecule has 35 heavy (non-hydrogen) atoms. The number of aryl methyl sites for hydroxylation is 3. The van der Waals surface area contributed by atoms with Crippen molar-refractivity contribution in [3.63, 3.8) is 0 Å². The molecule has 0 atom stereocenters. The molecule has 0 aliphatic rings. The normalized spacial score (nSPS) is 11.6. The second kappa shape index (κ2) is 11.7. The molecule has 1 aromatic carbocycles. The standard InChI is InChI=1S/C23H31ClN6O4S/c1-5-8-17-21-22(30(2)28-17)23(25-14-15-11-12-18(34-3)16(24)13-15)27-19(26-21)9-6-7-10-20(31)29-35(4,32)33/h11-13H,5-10,14H2,1-4H3,(H,29,31)(H,25,26,27). The first-order valence-electron chi connectivity index (χ1n) is 11.4. The molecule has 2 N–H and O–H groups in total. The first kappa shape index (κ1) is 26.7. The summed E-state index contributed by atoms with van der Waals surface area (Å²) in [6.07, 6.45) is 4.52. The van der Waals surface area contributed by atoms with Gasteiger partial charge in [0, 0.05) is 26.4 Å². The van der Waals surface area contributed by atoms with Crippen LogP contribution in [0, 0.1) is 0 Å². The maximum atomic E-state index is 11.7. The van der Waals surface area contributed by atoms with Crippen molar-refractivity contribution in [2.24, 2.45) is 7.05 Å². The summed E-state index contributed by atoms with van der Waals surface area (Å²) in [5, 5.41) is 8.58. The van der Waals surface area contributed by atoms with E-state index in [2.05, 4.69) is 17.3 Å². The Balaban J connectivity index is 1.79. The van der Waals surface area contributed by atoms with Gasteiger partial charge >= 0.3 is 0 Å². The summed E-state index contributed by atoms with van der Waals surface area (Å²) in [6, 6.07) is 5.61. The van der Waals surface area contributed by atoms with E-state index in [0.29, 0.717) is 48.2 Å². The van der Waals surface area contributed by atoms with E-state index in [1.54, 1.807) is 11.8 Å². The fourth-order valence-corrected chi connectivity index (χ4v) is 4.56. The number of carbonyl (C=O) groups is 1. The Morgan fingerprint density at radius 2 is 1.97 bits per heavy atom. The molecule has 0 saturated heterocycles. The summed E-state index contributed by atoms with van der Waals surface area (Å²) in [7, 11) is -0.0921. The van der Waals surface area contributed by atoms with Crippen molar-refractivity contribution < 1.29 is 17.9 Å². The summed E-state index contributed by atoms with van der Waals surface area (Å²) < 4.78 is 31.4. The fourth-order valence-electron chi connectivity index (χ4n) is 3.76. The van der Waals surface area contributed by atoms with Gasteiger partial charge in [0.2, 0.25) is 15.9 Å². The molecular weight excluding hydrogens is 492 g/mol. The van der Waals surface area contributed by atoms with Crippen molar-refractivity contribution >= 4 is 44.4 Å². The molecule has 190 valence electrons. The van der Waals surface area contributed by atoms with Crippen molar-refractivity contribution in [1.82, 2.24) is 24.5 Å². The lowest BCUT2D eigenvalue weighted by atomic mass is 10.1. The van der Waals surface area contributed by atoms with Crippen LogP contribution >= 0.6 is 11.6 Å². The zero-order valence-electron chi connectivity index (χ0n) is 20.4. The molecule has 0 radical (unpaired) electrons. The molecule has 3 aromatic rings. The van der Waals surface area contributed by atoms with Crippen LogP contribution in [0.3, 0.4) is 0 Å². The number of amides is 1. The summed E-state index contributed by atoms with van der Waals surface area (Å²) >= 11 is 6.27. The minimum atomic E-state index is -3.54. The number of fused-ring (bicyclic) bond motifs is 1. The second-order valence-electron chi connectivity index (χ2n) is 8.33. The Hall–Kier alpha value is -2.92. The zero-order chi connectivity index (χ0) is 25.6. The lowest BCUT2D eigenvalue weighted by Gasteiger charge is -2.11. The van der Waals surface area contributed by atoms with E-state index in [9.17, 15) is 13.2 Å². The maximum absolute atomic E-state index is 11.7. The van der Waals surface area contributed by atoms with Gasteiger partial charge in [0.15, 0.2) is 5.82 Å². The zero-order valence-corrected chi connectivity index (χ0v) is 22.0. The summed E-state index contributed by atoms with van der Waals surface area (Å²) in [5.41, 5.74) is 3.52. The number of rotatable bonds is 12. The molecule has 0 unspecified atom stereocenters. The molecule has 0 fully saturated rings. The van der Waals surface area contributed by atoms with E-state index in [0.717, 1.165) is 41.4 Å². The Labute approximate surface area is 210 Å². The molecule has 10 nitrogen and oxygen atoms in total. The quantitative estimate of drug-likeness (QED) is 0.346. The van der Waals surface area contributed by atoms with Gasteiger partial charge in [0.1, 0.15) is 22.6 Å². The van der Waals surface area contributed by atoms with Gasteiger partial charge in [-0.1, -0.05) is 31.0 Å². The summed E-state index contributed by atoms with van der Waals surface area (Å²) in [4.78, 5) is 21.3. The van der Waals surface area contributed by atoms with Gasteiger partial charge in [-0.25, -0.2) is 18.4 Å². The number of ether oxygens (including phenoxy) is 1. The number of nitrogens with one attached hydrogen (secondary N) is 2. The number of sulfonamides is 1. The summed E-state index contributed by atoms with van der Waals surface area (Å²) in [5.74, 6) is 1.41. The highest BCUT2D eigenvalue weighted by Crippen LogP contribution is 2.27. The third-order valence-electron chi connectivity index (χ3n) is 5.31. The van der Waals surface area contributed by atoms with E-state index in [4.69, 9.17) is 26.3 Å². The number of carbonyl (C=O) groups excluding carboxylic acids is 1. The lowest BCUT2D eigenvalue weighted by Crippen LogP contribution is -2.28. The topological polar surface area (TPSA) is 128 Å². The molecule has 0 saturated carbocycles. The van der Waals surface area contributed by atoms with E-state index >= 15 is 0 Å². The third-order valence-corrected chi connectivity index (χ3v) is 6.21.